The Morgan fingerprint density at radius 2 is 2.11 bits per heavy atom. The Bertz CT molecular complexity index is 466. The number of nitrogens with one attached hydrogen (secondary N) is 1. The molecule has 1 aromatic heterocycles. The lowest BCUT2D eigenvalue weighted by Crippen LogP contribution is -2.53. The molecule has 0 radical (unpaired) electrons. The van der Waals surface area contributed by atoms with Gasteiger partial charge in [0.25, 0.3) is 5.91 Å². The van der Waals surface area contributed by atoms with Gasteiger partial charge >= 0.3 is 0 Å². The van der Waals surface area contributed by atoms with Crippen molar-refractivity contribution >= 4 is 5.91 Å². The zero-order chi connectivity index (χ0) is 12.7. The van der Waals surface area contributed by atoms with Crippen molar-refractivity contribution < 1.29 is 9.53 Å². The van der Waals surface area contributed by atoms with Crippen molar-refractivity contribution in [3.63, 3.8) is 0 Å². The van der Waals surface area contributed by atoms with Gasteiger partial charge in [0, 0.05) is 35.5 Å². The zero-order valence-corrected chi connectivity index (χ0v) is 10.8. The van der Waals surface area contributed by atoms with Crippen LogP contribution in [-0.2, 0) is 4.74 Å². The first-order chi connectivity index (χ1) is 8.63. The maximum absolute atomic E-state index is 12.2. The van der Waals surface area contributed by atoms with Gasteiger partial charge in [-0.25, -0.2) is 0 Å². The van der Waals surface area contributed by atoms with Gasteiger partial charge in [0.2, 0.25) is 0 Å². The Morgan fingerprint density at radius 1 is 1.39 bits per heavy atom. The van der Waals surface area contributed by atoms with E-state index in [2.05, 4.69) is 10.3 Å². The van der Waals surface area contributed by atoms with Crippen molar-refractivity contribution in [3.05, 3.63) is 29.1 Å². The maximum Gasteiger partial charge on any atom is 0.251 e. The highest BCUT2D eigenvalue weighted by molar-refractivity contribution is 5.94. The molecule has 4 heteroatoms. The van der Waals surface area contributed by atoms with Gasteiger partial charge in [0.15, 0.2) is 0 Å². The summed E-state index contributed by atoms with van der Waals surface area (Å²) >= 11 is 0. The van der Waals surface area contributed by atoms with Gasteiger partial charge in [-0.05, 0) is 38.8 Å². The Hall–Kier alpha value is -1.42. The number of hydrogen-bond donors (Lipinski definition) is 1. The van der Waals surface area contributed by atoms with Crippen LogP contribution in [0.25, 0.3) is 0 Å². The topological polar surface area (TPSA) is 51.2 Å². The largest absolute Gasteiger partial charge is 0.378 e. The molecule has 1 saturated heterocycles. The summed E-state index contributed by atoms with van der Waals surface area (Å²) in [5.74, 6) is 0.539. The molecule has 0 unspecified atom stereocenters. The second-order valence-corrected chi connectivity index (χ2v) is 5.32. The molecule has 4 nitrogen and oxygen atoms in total. The van der Waals surface area contributed by atoms with Crippen molar-refractivity contribution in [2.24, 2.45) is 5.92 Å². The molecule has 1 aliphatic carbocycles. The zero-order valence-electron chi connectivity index (χ0n) is 10.8. The summed E-state index contributed by atoms with van der Waals surface area (Å²) in [6, 6.07) is 3.96. The van der Waals surface area contributed by atoms with Gasteiger partial charge in [-0.2, -0.15) is 0 Å². The molecule has 1 aromatic rings. The molecule has 2 fully saturated rings. The molecule has 18 heavy (non-hydrogen) atoms. The number of fused-ring (bicyclic) bond motifs is 1. The Balaban J connectivity index is 1.68. The minimum atomic E-state index is 0.0129. The van der Waals surface area contributed by atoms with E-state index in [-0.39, 0.29) is 5.91 Å². The van der Waals surface area contributed by atoms with Crippen LogP contribution in [0.15, 0.2) is 12.1 Å². The number of rotatable bonds is 2. The number of aryl methyl sites for hydroxylation is 2. The number of ether oxygens (including phenoxy) is 1. The average Bonchev–Trinajstić information content (AvgIpc) is 2.66. The number of amides is 1. The van der Waals surface area contributed by atoms with Gasteiger partial charge in [0.1, 0.15) is 0 Å². The third kappa shape index (κ3) is 2.01. The summed E-state index contributed by atoms with van der Waals surface area (Å²) in [6.45, 7) is 4.66. The number of hydrogen-bond acceptors (Lipinski definition) is 3. The Morgan fingerprint density at radius 3 is 2.78 bits per heavy atom. The molecule has 0 bridgehead atoms. The van der Waals surface area contributed by atoms with Crippen molar-refractivity contribution in [3.8, 4) is 0 Å². The van der Waals surface area contributed by atoms with Crippen LogP contribution in [0, 0.1) is 19.8 Å². The molecule has 1 saturated carbocycles. The summed E-state index contributed by atoms with van der Waals surface area (Å²) < 4.78 is 5.55. The predicted molar refractivity (Wildman–Crippen MR) is 67.4 cm³/mol. The molecule has 3 rings (SSSR count). The summed E-state index contributed by atoms with van der Waals surface area (Å²) in [4.78, 5) is 16.4. The lowest BCUT2D eigenvalue weighted by Gasteiger charge is -2.39. The highest BCUT2D eigenvalue weighted by Gasteiger charge is 2.45. The lowest BCUT2D eigenvalue weighted by atomic mass is 9.76. The minimum absolute atomic E-state index is 0.0129. The number of carbonyl (C=O) groups excluding carboxylic acids is 1. The second-order valence-electron chi connectivity index (χ2n) is 5.32. The van der Waals surface area contributed by atoms with Gasteiger partial charge in [-0.3, -0.25) is 9.78 Å². The highest BCUT2D eigenvalue weighted by Crippen LogP contribution is 2.38. The lowest BCUT2D eigenvalue weighted by molar-refractivity contribution is 0.00809. The molecule has 1 aliphatic heterocycles. The highest BCUT2D eigenvalue weighted by atomic mass is 16.5. The molecule has 2 aliphatic rings. The molecule has 0 spiro atoms. The first kappa shape index (κ1) is 11.7. The van der Waals surface area contributed by atoms with E-state index in [9.17, 15) is 4.79 Å². The normalized spacial score (nSPS) is 29.6. The number of aromatic nitrogens is 1. The summed E-state index contributed by atoms with van der Waals surface area (Å²) in [5, 5.41) is 3.11. The van der Waals surface area contributed by atoms with Crippen LogP contribution in [0.3, 0.4) is 0 Å². The van der Waals surface area contributed by atoms with Crippen molar-refractivity contribution in [2.75, 3.05) is 6.61 Å². The van der Waals surface area contributed by atoms with Crippen LogP contribution >= 0.6 is 0 Å². The molecule has 3 atom stereocenters. The molecular weight excluding hydrogens is 228 g/mol. The second kappa shape index (κ2) is 4.35. The molecule has 96 valence electrons. The van der Waals surface area contributed by atoms with E-state index in [4.69, 9.17) is 4.74 Å². The Labute approximate surface area is 107 Å². The fraction of sp³-hybridized carbons (Fsp3) is 0.571. The van der Waals surface area contributed by atoms with Crippen LogP contribution in [0.5, 0.6) is 0 Å². The fourth-order valence-corrected chi connectivity index (χ4v) is 2.98. The minimum Gasteiger partial charge on any atom is -0.378 e. The number of pyridine rings is 1. The van der Waals surface area contributed by atoms with Crippen molar-refractivity contribution in [2.45, 2.75) is 38.8 Å². The smallest absolute Gasteiger partial charge is 0.251 e. The van der Waals surface area contributed by atoms with E-state index < -0.39 is 0 Å². The summed E-state index contributed by atoms with van der Waals surface area (Å²) in [5.41, 5.74) is 2.48. The van der Waals surface area contributed by atoms with E-state index in [0.717, 1.165) is 30.8 Å². The molecular formula is C14H18N2O2. The van der Waals surface area contributed by atoms with Gasteiger partial charge < -0.3 is 10.1 Å². The van der Waals surface area contributed by atoms with E-state index in [1.54, 1.807) is 0 Å². The van der Waals surface area contributed by atoms with Gasteiger partial charge in [-0.15, -0.1) is 0 Å². The van der Waals surface area contributed by atoms with Gasteiger partial charge in [-0.1, -0.05) is 0 Å². The van der Waals surface area contributed by atoms with Crippen LogP contribution in [0.1, 0.15) is 34.6 Å². The molecule has 1 amide bonds. The average molecular weight is 246 g/mol. The summed E-state index contributed by atoms with van der Waals surface area (Å²) in [7, 11) is 0. The third-order valence-corrected chi connectivity index (χ3v) is 3.92. The monoisotopic (exact) mass is 246 g/mol. The number of carbonyl (C=O) groups is 1. The van der Waals surface area contributed by atoms with Crippen LogP contribution in [-0.4, -0.2) is 29.6 Å². The predicted octanol–water partition coefficient (Wildman–Crippen LogP) is 1.61. The van der Waals surface area contributed by atoms with E-state index in [0.29, 0.717) is 23.6 Å². The Kier molecular flexibility index (Phi) is 2.82. The van der Waals surface area contributed by atoms with Crippen LogP contribution in [0.2, 0.25) is 0 Å². The third-order valence-electron chi connectivity index (χ3n) is 3.92. The quantitative estimate of drug-likeness (QED) is 0.862. The molecule has 0 aromatic carbocycles. The molecule has 2 heterocycles. The van der Waals surface area contributed by atoms with Crippen LogP contribution < -0.4 is 5.32 Å². The van der Waals surface area contributed by atoms with Crippen LogP contribution in [0.4, 0.5) is 0 Å². The van der Waals surface area contributed by atoms with Crippen molar-refractivity contribution in [1.29, 1.82) is 0 Å². The maximum atomic E-state index is 12.2. The number of nitrogens with zero attached hydrogens (tertiary/aromatic N) is 1. The first-order valence-corrected chi connectivity index (χ1v) is 6.51. The van der Waals surface area contributed by atoms with E-state index >= 15 is 0 Å². The standard InChI is InChI=1S/C14H18N2O2/c1-8-5-10(6-9(2)15-8)14(17)16-12-7-13-11(12)3-4-18-13/h5-6,11-13H,3-4,7H2,1-2H3,(H,16,17)/t11-,12+,13+/m0/s1. The fourth-order valence-electron chi connectivity index (χ4n) is 2.98. The van der Waals surface area contributed by atoms with E-state index in [1.807, 2.05) is 26.0 Å². The first-order valence-electron chi connectivity index (χ1n) is 6.51. The van der Waals surface area contributed by atoms with Gasteiger partial charge in [0.05, 0.1) is 6.10 Å². The van der Waals surface area contributed by atoms with Crippen molar-refractivity contribution in [1.82, 2.24) is 10.3 Å². The summed E-state index contributed by atoms with van der Waals surface area (Å²) in [6.07, 6.45) is 2.42. The SMILES string of the molecule is Cc1cc(C(=O)N[C@@H]2C[C@H]3OCC[C@@H]23)cc(C)n1. The van der Waals surface area contributed by atoms with E-state index in [1.165, 1.54) is 0 Å². The molecule has 1 N–H and O–H groups in total.